The number of thioether (sulfide) groups is 2. The number of carbonyl (C=O) groups excluding carboxylic acids is 2. The Kier molecular flexibility index (Phi) is 7.48. The first kappa shape index (κ1) is 21.9. The molecule has 2 amide bonds. The Bertz CT molecular complexity index is 1030. The lowest BCUT2D eigenvalue weighted by Crippen LogP contribution is -2.16. The number of nitrogens with one attached hydrogen (secondary N) is 1. The highest BCUT2D eigenvalue weighted by atomic mass is 32.2. The fourth-order valence-corrected chi connectivity index (χ4v) is 4.01. The second-order valence-electron chi connectivity index (χ2n) is 6.51. The molecule has 1 N–H and O–H groups in total. The van der Waals surface area contributed by atoms with Crippen molar-refractivity contribution in [1.82, 2.24) is 9.88 Å². The highest BCUT2D eigenvalue weighted by Crippen LogP contribution is 2.26. The van der Waals surface area contributed by atoms with Crippen LogP contribution in [0.1, 0.15) is 15.9 Å². The second-order valence-corrected chi connectivity index (χ2v) is 8.50. The molecule has 0 bridgehead atoms. The molecule has 0 spiro atoms. The molecule has 0 saturated carbocycles. The van der Waals surface area contributed by atoms with Gasteiger partial charge in [-0.1, -0.05) is 12.1 Å². The van der Waals surface area contributed by atoms with Crippen molar-refractivity contribution in [3.8, 4) is 0 Å². The molecule has 0 radical (unpaired) electrons. The number of pyridine rings is 1. The zero-order chi connectivity index (χ0) is 21.5. The predicted molar refractivity (Wildman–Crippen MR) is 120 cm³/mol. The Labute approximate surface area is 183 Å². The van der Waals surface area contributed by atoms with E-state index in [1.54, 1.807) is 68.8 Å². The number of halogens is 1. The summed E-state index contributed by atoms with van der Waals surface area (Å²) in [6, 6.07) is 16.8. The fourth-order valence-electron chi connectivity index (χ4n) is 2.41. The molecule has 3 aromatic rings. The summed E-state index contributed by atoms with van der Waals surface area (Å²) in [7, 11) is 3.40. The molecule has 5 nitrogen and oxygen atoms in total. The van der Waals surface area contributed by atoms with Crippen LogP contribution in [-0.4, -0.2) is 35.1 Å². The van der Waals surface area contributed by atoms with Gasteiger partial charge in [0.2, 0.25) is 0 Å². The zero-order valence-corrected chi connectivity index (χ0v) is 18.1. The summed E-state index contributed by atoms with van der Waals surface area (Å²) in [5.41, 5.74) is 2.03. The number of rotatable bonds is 6. The molecular formula is C22H20FN3O2S2. The molecular weight excluding hydrogens is 421 g/mol. The highest BCUT2D eigenvalue weighted by molar-refractivity contribution is 8.13. The van der Waals surface area contributed by atoms with E-state index in [1.807, 2.05) is 0 Å². The maximum Gasteiger partial charge on any atom is 0.285 e. The van der Waals surface area contributed by atoms with Gasteiger partial charge in [0.25, 0.3) is 11.1 Å². The van der Waals surface area contributed by atoms with Gasteiger partial charge in [-0.15, -0.1) is 11.8 Å². The molecule has 0 saturated heterocycles. The summed E-state index contributed by atoms with van der Waals surface area (Å²) in [6.07, 6.45) is 1.64. The lowest BCUT2D eigenvalue weighted by atomic mass is 10.2. The minimum Gasteiger partial charge on any atom is -0.339 e. The molecule has 0 atom stereocenters. The van der Waals surface area contributed by atoms with E-state index in [9.17, 15) is 14.0 Å². The van der Waals surface area contributed by atoms with Crippen molar-refractivity contribution in [3.05, 3.63) is 83.8 Å². The van der Waals surface area contributed by atoms with Crippen LogP contribution >= 0.6 is 23.5 Å². The monoisotopic (exact) mass is 441 g/mol. The van der Waals surface area contributed by atoms with E-state index >= 15 is 0 Å². The summed E-state index contributed by atoms with van der Waals surface area (Å²) in [4.78, 5) is 31.2. The molecule has 0 unspecified atom stereocenters. The van der Waals surface area contributed by atoms with Crippen molar-refractivity contribution in [1.29, 1.82) is 0 Å². The first-order chi connectivity index (χ1) is 14.4. The smallest absolute Gasteiger partial charge is 0.285 e. The van der Waals surface area contributed by atoms with Gasteiger partial charge in [-0.25, -0.2) is 9.37 Å². The molecule has 0 aliphatic heterocycles. The van der Waals surface area contributed by atoms with Crippen molar-refractivity contribution in [3.63, 3.8) is 0 Å². The largest absolute Gasteiger partial charge is 0.339 e. The third-order valence-electron chi connectivity index (χ3n) is 3.99. The molecule has 8 heteroatoms. The minimum atomic E-state index is -0.280. The summed E-state index contributed by atoms with van der Waals surface area (Å²) in [5, 5.41) is 3.40. The van der Waals surface area contributed by atoms with Crippen LogP contribution in [0, 0.1) is 5.82 Å². The Balaban J connectivity index is 1.65. The lowest BCUT2D eigenvalue weighted by molar-refractivity contribution is 0.102. The summed E-state index contributed by atoms with van der Waals surface area (Å²) < 4.78 is 13.1. The Hall–Kier alpha value is -2.84. The van der Waals surface area contributed by atoms with E-state index in [4.69, 9.17) is 0 Å². The van der Waals surface area contributed by atoms with Crippen LogP contribution in [0.5, 0.6) is 0 Å². The van der Waals surface area contributed by atoms with Crippen LogP contribution in [0.15, 0.2) is 76.8 Å². The quantitative estimate of drug-likeness (QED) is 0.509. The van der Waals surface area contributed by atoms with Gasteiger partial charge in [-0.3, -0.25) is 9.59 Å². The van der Waals surface area contributed by atoms with Gasteiger partial charge in [0.15, 0.2) is 0 Å². The summed E-state index contributed by atoms with van der Waals surface area (Å²) in [6.45, 7) is 0. The normalized spacial score (nSPS) is 10.5. The van der Waals surface area contributed by atoms with Gasteiger partial charge >= 0.3 is 0 Å². The van der Waals surface area contributed by atoms with E-state index < -0.39 is 0 Å². The molecule has 1 heterocycles. The van der Waals surface area contributed by atoms with Crippen molar-refractivity contribution < 1.29 is 14.0 Å². The van der Waals surface area contributed by atoms with Gasteiger partial charge in [-0.2, -0.15) is 0 Å². The van der Waals surface area contributed by atoms with Crippen LogP contribution in [0.4, 0.5) is 14.9 Å². The van der Waals surface area contributed by atoms with Gasteiger partial charge < -0.3 is 10.2 Å². The van der Waals surface area contributed by atoms with E-state index in [0.29, 0.717) is 22.0 Å². The third-order valence-corrected chi connectivity index (χ3v) is 6.11. The molecule has 3 rings (SSSR count). The summed E-state index contributed by atoms with van der Waals surface area (Å²) >= 11 is 2.54. The average molecular weight is 442 g/mol. The van der Waals surface area contributed by atoms with Crippen molar-refractivity contribution in [2.45, 2.75) is 15.7 Å². The SMILES string of the molecule is CN(C)C(=O)Sc1ccc(NC(=O)c2cccnc2SCc2ccc(F)cc2)cc1. The number of anilines is 1. The topological polar surface area (TPSA) is 62.3 Å². The maximum absolute atomic E-state index is 13.1. The van der Waals surface area contributed by atoms with Gasteiger partial charge in [-0.05, 0) is 65.9 Å². The molecule has 30 heavy (non-hydrogen) atoms. The number of hydrogen-bond donors (Lipinski definition) is 1. The number of benzene rings is 2. The van der Waals surface area contributed by atoms with E-state index in [0.717, 1.165) is 22.2 Å². The summed E-state index contributed by atoms with van der Waals surface area (Å²) in [5.74, 6) is 0.0234. The Morgan fingerprint density at radius 1 is 1.03 bits per heavy atom. The van der Waals surface area contributed by atoms with Crippen LogP contribution in [0.25, 0.3) is 0 Å². The Morgan fingerprint density at radius 2 is 1.73 bits per heavy atom. The standard InChI is InChI=1S/C22H20FN3O2S2/c1-26(2)22(28)30-18-11-9-17(10-12-18)25-20(27)19-4-3-13-24-21(19)29-14-15-5-7-16(23)8-6-15/h3-13H,14H2,1-2H3,(H,25,27). The van der Waals surface area contributed by atoms with Crippen LogP contribution in [0.3, 0.4) is 0 Å². The number of nitrogens with zero attached hydrogens (tertiary/aromatic N) is 2. The number of carbonyl (C=O) groups is 2. The first-order valence-electron chi connectivity index (χ1n) is 9.05. The van der Waals surface area contributed by atoms with Crippen molar-refractivity contribution >= 4 is 40.4 Å². The van der Waals surface area contributed by atoms with Crippen molar-refractivity contribution in [2.75, 3.05) is 19.4 Å². The molecule has 1 aromatic heterocycles. The fraction of sp³-hybridized carbons (Fsp3) is 0.136. The maximum atomic E-state index is 13.1. The third kappa shape index (κ3) is 6.08. The molecule has 0 aliphatic rings. The lowest BCUT2D eigenvalue weighted by Gasteiger charge is -2.11. The van der Waals surface area contributed by atoms with E-state index in [2.05, 4.69) is 10.3 Å². The van der Waals surface area contributed by atoms with Crippen molar-refractivity contribution in [2.24, 2.45) is 0 Å². The van der Waals surface area contributed by atoms with Gasteiger partial charge in [0.05, 0.1) is 5.56 Å². The van der Waals surface area contributed by atoms with E-state index in [-0.39, 0.29) is 17.0 Å². The molecule has 2 aromatic carbocycles. The molecule has 154 valence electrons. The van der Waals surface area contributed by atoms with E-state index in [1.165, 1.54) is 28.8 Å². The first-order valence-corrected chi connectivity index (χ1v) is 10.9. The average Bonchev–Trinajstić information content (AvgIpc) is 2.75. The zero-order valence-electron chi connectivity index (χ0n) is 16.5. The number of amides is 2. The molecule has 0 fully saturated rings. The minimum absolute atomic E-state index is 0.0648. The molecule has 0 aliphatic carbocycles. The van der Waals surface area contributed by atoms with Gasteiger partial charge in [0.1, 0.15) is 10.8 Å². The van der Waals surface area contributed by atoms with Crippen LogP contribution in [-0.2, 0) is 5.75 Å². The van der Waals surface area contributed by atoms with Gasteiger partial charge in [0, 0.05) is 36.6 Å². The second kappa shape index (κ2) is 10.3. The van der Waals surface area contributed by atoms with Crippen LogP contribution in [0.2, 0.25) is 0 Å². The number of aromatic nitrogens is 1. The number of hydrogen-bond acceptors (Lipinski definition) is 5. The van der Waals surface area contributed by atoms with Crippen LogP contribution < -0.4 is 5.32 Å². The highest BCUT2D eigenvalue weighted by Gasteiger charge is 2.14. The predicted octanol–water partition coefficient (Wildman–Crippen LogP) is 5.54. The Morgan fingerprint density at radius 3 is 2.40 bits per heavy atom.